The lowest BCUT2D eigenvalue weighted by atomic mass is 9.45. The highest BCUT2D eigenvalue weighted by Gasteiger charge is 2.62. The van der Waals surface area contributed by atoms with Gasteiger partial charge in [0.2, 0.25) is 0 Å². The number of hydrogen-bond acceptors (Lipinski definition) is 0. The lowest BCUT2D eigenvalue weighted by Gasteiger charge is -2.60. The molecule has 0 heteroatoms. The largest absolute Gasteiger partial charge is 0.0602 e. The second-order valence-electron chi connectivity index (χ2n) is 71.8. The molecule has 26 aliphatic carbocycles. The number of rotatable bonds is 11. The van der Waals surface area contributed by atoms with Crippen LogP contribution in [0.25, 0.3) is 0 Å². The zero-order valence-electron chi connectivity index (χ0n) is 102. The second-order valence-corrected chi connectivity index (χ2v) is 71.8. The minimum absolute atomic E-state index is 0.508. The van der Waals surface area contributed by atoms with Crippen LogP contribution in [0, 0.1) is 253 Å². The zero-order chi connectivity index (χ0) is 102. The molecule has 0 N–H and O–H groups in total. The monoisotopic (exact) mass is 1930 g/mol. The molecular weight excluding hydrogens is 1670 g/mol. The van der Waals surface area contributed by atoms with Crippen LogP contribution in [0.15, 0.2) is 0 Å². The van der Waals surface area contributed by atoms with Crippen molar-refractivity contribution in [3.8, 4) is 0 Å². The fourth-order valence-corrected chi connectivity index (χ4v) is 38.9. The lowest BCUT2D eigenvalue weighted by molar-refractivity contribution is -0.0999. The van der Waals surface area contributed by atoms with Crippen LogP contribution >= 0.6 is 0 Å². The van der Waals surface area contributed by atoms with Gasteiger partial charge in [0.05, 0.1) is 0 Å². The predicted octanol–water partition coefficient (Wildman–Crippen LogP) is 45.2. The van der Waals surface area contributed by atoms with Gasteiger partial charge in [-0.2, -0.15) is 0 Å². The Balaban J connectivity index is 0.000000137. The Bertz CT molecular complexity index is 3430. The van der Waals surface area contributed by atoms with Crippen molar-refractivity contribution in [2.75, 3.05) is 0 Å². The third-order valence-electron chi connectivity index (χ3n) is 44.2. The smallest absolute Gasteiger partial charge is 0.0243 e. The Kier molecular flexibility index (Phi) is 40.4. The molecular formula is C139H256. The second kappa shape index (κ2) is 47.7. The Morgan fingerprint density at radius 1 is 0.187 bits per heavy atom. The molecule has 812 valence electrons. The Labute approximate surface area is 875 Å². The van der Waals surface area contributed by atoms with Gasteiger partial charge in [-0.05, 0) is 549 Å². The summed E-state index contributed by atoms with van der Waals surface area (Å²) >= 11 is 0. The van der Waals surface area contributed by atoms with Crippen molar-refractivity contribution < 1.29 is 0 Å². The maximum Gasteiger partial charge on any atom is -0.0243 e. The van der Waals surface area contributed by atoms with Crippen molar-refractivity contribution >= 4 is 0 Å². The summed E-state index contributed by atoms with van der Waals surface area (Å²) in [6.07, 6.45) is 90.3. The molecule has 0 aliphatic heterocycles. The van der Waals surface area contributed by atoms with E-state index in [4.69, 9.17) is 0 Å². The van der Waals surface area contributed by atoms with Gasteiger partial charge < -0.3 is 0 Å². The van der Waals surface area contributed by atoms with Gasteiger partial charge in [0.25, 0.3) is 0 Å². The third kappa shape index (κ3) is 37.8. The minimum Gasteiger partial charge on any atom is -0.0602 e. The van der Waals surface area contributed by atoms with E-state index in [1.807, 2.05) is 0 Å². The van der Waals surface area contributed by atoms with Crippen molar-refractivity contribution in [2.24, 2.45) is 253 Å². The first-order valence-electron chi connectivity index (χ1n) is 64.0. The highest BCUT2D eigenvalue weighted by Crippen LogP contribution is 2.71. The SMILES string of the molecule is CC(C)(C)CC12CCC(CC1)C2.CC(C)(C)CC1C2CC1C2.CC(C)(C)CC1C2CCC1C2.CC(C)(C)CC1C2CCC1CC2.CC(C)(C)CC1CC2CC(C2)C1.CC(C)(C)CC1CC2CCC(C2)C1.CC(C)(C)CC1CC2CCC1(C)C2(C)C.CC(C)(C)CC1CC2CCC1C2.CC(C)(C)CC1CC2CCC1CC2.CC(C)(C)CC1CC2CCCC(C2)C1.CC(C)(C)CC1CC2CCCC(CC2)C1. The zero-order valence-corrected chi connectivity index (χ0v) is 102. The fourth-order valence-electron chi connectivity index (χ4n) is 38.9. The summed E-state index contributed by atoms with van der Waals surface area (Å²) in [6.45, 7) is 86.5. The quantitative estimate of drug-likeness (QED) is 0.193. The average molecular weight is 1930 g/mol. The van der Waals surface area contributed by atoms with Crippen molar-refractivity contribution in [1.29, 1.82) is 0 Å². The van der Waals surface area contributed by atoms with E-state index in [2.05, 4.69) is 249 Å². The van der Waals surface area contributed by atoms with Crippen LogP contribution in [-0.2, 0) is 0 Å². The van der Waals surface area contributed by atoms with Crippen LogP contribution in [-0.4, -0.2) is 0 Å². The molecule has 22 bridgehead atoms. The molecule has 0 aromatic carbocycles. The van der Waals surface area contributed by atoms with E-state index in [1.54, 1.807) is 225 Å². The van der Waals surface area contributed by atoms with E-state index in [1.165, 1.54) is 154 Å². The summed E-state index contributed by atoms with van der Waals surface area (Å²) in [5.41, 5.74) is 8.15. The van der Waals surface area contributed by atoms with Crippen LogP contribution in [0.4, 0.5) is 0 Å². The van der Waals surface area contributed by atoms with E-state index in [0.29, 0.717) is 70.4 Å². The number of fused-ring (bicyclic) bond motifs is 21. The van der Waals surface area contributed by atoms with Crippen LogP contribution < -0.4 is 0 Å². The van der Waals surface area contributed by atoms with E-state index < -0.39 is 0 Å². The molecule has 26 saturated carbocycles. The van der Waals surface area contributed by atoms with Crippen molar-refractivity contribution in [3.63, 3.8) is 0 Å². The Morgan fingerprint density at radius 3 is 0.770 bits per heavy atom. The fraction of sp³-hybridized carbons (Fsp3) is 1.00. The molecule has 0 amide bonds. The molecule has 26 rings (SSSR count). The standard InChI is InChI=1S/2C15H28.C14H26.2C13H24.4C12H22.C11H20.C10H18/c1-13(2,3)10-12-9-11-7-8-15(12,6)14(11,4)5;1-15(2,3)11-14-9-12-5-4-6-13(10-14)8-7-12;1-14(2,3)10-13-8-11-5-4-6-12(7-11)9-13;1-13(2,3)9-12-8-10-4-6-11(12)7-5-10;1-13(2,3)9-12-7-10-4-5-11(6-10)8-12;1-12(2,3)8-11-6-9-4-10(5-9)7-11;1-11(2,3)9-12-6-4-10(8-12)5-7-12;1-12(2,3)8-11-7-9-4-5-10(11)6-9;1-12(2,3)8-11-9-4-5-10(11)7-6-9;1-11(2,3)7-10-8-4-5-9(10)6-8;1-10(2,3)6-9-7-4-8(9)5-7/h11-12H,7-10H2,1-6H3;12-14H,4-11H2,1-3H3;11-13H,4-10H2,1-3H3;2*10-12H,4-9H2,1-3H3;9-11H,4-8H2,1-3H3;10H,4-9H2,1-3H3;2*9-11H,4-8H2,1-3H3;8-10H,4-7H2,1-3H3;7-9H,4-6H2,1-3H3. The first-order valence-corrected chi connectivity index (χ1v) is 64.0. The molecule has 139 heavy (non-hydrogen) atoms. The first kappa shape index (κ1) is 118. The van der Waals surface area contributed by atoms with Gasteiger partial charge in [0, 0.05) is 0 Å². The molecule has 0 nitrogen and oxygen atoms in total. The summed E-state index contributed by atoms with van der Waals surface area (Å²) in [5, 5.41) is 0. The molecule has 15 unspecified atom stereocenters. The van der Waals surface area contributed by atoms with Crippen LogP contribution in [0.2, 0.25) is 0 Å². The molecule has 0 spiro atoms. The van der Waals surface area contributed by atoms with E-state index in [0.717, 1.165) is 183 Å². The Hall–Kier alpha value is 0. The third-order valence-corrected chi connectivity index (χ3v) is 44.2. The van der Waals surface area contributed by atoms with Gasteiger partial charge in [0.1, 0.15) is 0 Å². The van der Waals surface area contributed by atoms with Crippen molar-refractivity contribution in [2.45, 2.75) is 628 Å². The lowest BCUT2D eigenvalue weighted by Crippen LogP contribution is -2.51. The molecule has 0 aromatic heterocycles. The van der Waals surface area contributed by atoms with Crippen molar-refractivity contribution in [3.05, 3.63) is 0 Å². The summed E-state index contributed by atoms with van der Waals surface area (Å²) in [4.78, 5) is 0. The van der Waals surface area contributed by atoms with Gasteiger partial charge in [-0.25, -0.2) is 0 Å². The molecule has 0 heterocycles. The summed E-state index contributed by atoms with van der Waals surface area (Å²) in [7, 11) is 0. The predicted molar refractivity (Wildman–Crippen MR) is 615 cm³/mol. The van der Waals surface area contributed by atoms with Crippen LogP contribution in [0.1, 0.15) is 628 Å². The highest BCUT2D eigenvalue weighted by molar-refractivity contribution is 5.11. The van der Waals surface area contributed by atoms with Gasteiger partial charge in [-0.15, -0.1) is 0 Å². The van der Waals surface area contributed by atoms with Crippen LogP contribution in [0.3, 0.4) is 0 Å². The first-order chi connectivity index (χ1) is 64.0. The molecule has 26 aliphatic rings. The molecule has 0 aromatic rings. The molecule has 15 atom stereocenters. The topological polar surface area (TPSA) is 0 Å². The number of hydrogen-bond donors (Lipinski definition) is 0. The summed E-state index contributed by atoms with van der Waals surface area (Å²) < 4.78 is 0. The van der Waals surface area contributed by atoms with E-state index in [-0.39, 0.29) is 0 Å². The van der Waals surface area contributed by atoms with E-state index >= 15 is 0 Å². The van der Waals surface area contributed by atoms with E-state index in [9.17, 15) is 0 Å². The van der Waals surface area contributed by atoms with Crippen LogP contribution in [0.5, 0.6) is 0 Å². The van der Waals surface area contributed by atoms with Gasteiger partial charge in [0.15, 0.2) is 0 Å². The molecule has 26 fully saturated rings. The Morgan fingerprint density at radius 2 is 0.468 bits per heavy atom. The maximum absolute atomic E-state index is 2.57. The van der Waals surface area contributed by atoms with Gasteiger partial charge in [-0.3, -0.25) is 0 Å². The minimum atomic E-state index is 0.508. The average Bonchev–Trinajstić information content (AvgIpc) is 1.58. The maximum atomic E-state index is 2.57. The highest BCUT2D eigenvalue weighted by atomic mass is 14.7. The molecule has 0 radical (unpaired) electrons. The van der Waals surface area contributed by atoms with Crippen molar-refractivity contribution in [1.82, 2.24) is 0 Å². The van der Waals surface area contributed by atoms with Gasteiger partial charge >= 0.3 is 0 Å². The molecule has 0 saturated heterocycles. The normalized spacial score (nSPS) is 40.6. The summed E-state index contributed by atoms with van der Waals surface area (Å²) in [6, 6.07) is 0. The van der Waals surface area contributed by atoms with Gasteiger partial charge in [-0.1, -0.05) is 333 Å². The summed E-state index contributed by atoms with van der Waals surface area (Å²) in [5.74, 6) is 33.0.